The average molecular weight is 377 g/mol. The smallest absolute Gasteiger partial charge is 0.255 e. The number of furan rings is 1. The molecule has 0 radical (unpaired) electrons. The maximum absolute atomic E-state index is 13.0. The standard InChI is InChI=1S/C22H23N3O3/c1-16(2)25(15-17-7-4-3-5-8-17)22(27)19-11-18(12-23-13-19)21(26)24-14-20-9-6-10-28-20/h3-13,16H,14-15H2,1-2H3,(H,24,26). The van der Waals surface area contributed by atoms with Crippen molar-refractivity contribution < 1.29 is 14.0 Å². The molecule has 1 aromatic carbocycles. The highest BCUT2D eigenvalue weighted by Gasteiger charge is 2.20. The molecular formula is C22H23N3O3. The second kappa shape index (κ2) is 8.99. The average Bonchev–Trinajstić information content (AvgIpc) is 3.24. The third-order valence-electron chi connectivity index (χ3n) is 4.33. The van der Waals surface area contributed by atoms with Gasteiger partial charge in [-0.15, -0.1) is 0 Å². The Hall–Kier alpha value is -3.41. The van der Waals surface area contributed by atoms with Crippen LogP contribution in [-0.4, -0.2) is 27.7 Å². The van der Waals surface area contributed by atoms with Crippen molar-refractivity contribution in [2.75, 3.05) is 0 Å². The van der Waals surface area contributed by atoms with Crippen LogP contribution in [0, 0.1) is 0 Å². The summed E-state index contributed by atoms with van der Waals surface area (Å²) >= 11 is 0. The molecule has 28 heavy (non-hydrogen) atoms. The summed E-state index contributed by atoms with van der Waals surface area (Å²) in [7, 11) is 0. The van der Waals surface area contributed by atoms with Crippen molar-refractivity contribution in [1.82, 2.24) is 15.2 Å². The van der Waals surface area contributed by atoms with Crippen LogP contribution in [0.1, 0.15) is 45.9 Å². The lowest BCUT2D eigenvalue weighted by atomic mass is 10.1. The van der Waals surface area contributed by atoms with Gasteiger partial charge in [-0.05, 0) is 37.6 Å². The molecule has 0 aliphatic heterocycles. The summed E-state index contributed by atoms with van der Waals surface area (Å²) in [5.41, 5.74) is 1.76. The monoisotopic (exact) mass is 377 g/mol. The number of pyridine rings is 1. The van der Waals surface area contributed by atoms with Crippen molar-refractivity contribution in [3.63, 3.8) is 0 Å². The lowest BCUT2D eigenvalue weighted by Crippen LogP contribution is -2.36. The van der Waals surface area contributed by atoms with E-state index in [1.54, 1.807) is 29.4 Å². The van der Waals surface area contributed by atoms with E-state index in [0.717, 1.165) is 5.56 Å². The van der Waals surface area contributed by atoms with Gasteiger partial charge in [-0.3, -0.25) is 14.6 Å². The Morgan fingerprint density at radius 1 is 1.07 bits per heavy atom. The van der Waals surface area contributed by atoms with E-state index in [1.807, 2.05) is 44.2 Å². The molecule has 144 valence electrons. The molecular weight excluding hydrogens is 354 g/mol. The number of rotatable bonds is 7. The van der Waals surface area contributed by atoms with Gasteiger partial charge in [-0.25, -0.2) is 0 Å². The van der Waals surface area contributed by atoms with Crippen molar-refractivity contribution in [3.8, 4) is 0 Å². The molecule has 0 fully saturated rings. The topological polar surface area (TPSA) is 75.4 Å². The van der Waals surface area contributed by atoms with E-state index in [-0.39, 0.29) is 24.4 Å². The van der Waals surface area contributed by atoms with Crippen molar-refractivity contribution in [2.24, 2.45) is 0 Å². The fourth-order valence-corrected chi connectivity index (χ4v) is 2.80. The molecule has 0 atom stereocenters. The van der Waals surface area contributed by atoms with Crippen molar-refractivity contribution >= 4 is 11.8 Å². The van der Waals surface area contributed by atoms with Crippen LogP contribution >= 0.6 is 0 Å². The van der Waals surface area contributed by atoms with Crippen LogP contribution < -0.4 is 5.32 Å². The molecule has 0 saturated heterocycles. The molecule has 0 spiro atoms. The molecule has 2 amide bonds. The molecule has 6 heteroatoms. The Balaban J connectivity index is 1.73. The fraction of sp³-hybridized carbons (Fsp3) is 0.227. The molecule has 0 aliphatic carbocycles. The zero-order valence-electron chi connectivity index (χ0n) is 16.0. The molecule has 2 heterocycles. The second-order valence-corrected chi connectivity index (χ2v) is 6.74. The number of carbonyl (C=O) groups excluding carboxylic acids is 2. The number of hydrogen-bond donors (Lipinski definition) is 1. The normalized spacial score (nSPS) is 10.7. The summed E-state index contributed by atoms with van der Waals surface area (Å²) in [5.74, 6) is 0.187. The zero-order chi connectivity index (χ0) is 19.9. The Labute approximate surface area is 164 Å². The quantitative estimate of drug-likeness (QED) is 0.682. The molecule has 3 rings (SSSR count). The molecule has 0 unspecified atom stereocenters. The highest BCUT2D eigenvalue weighted by atomic mass is 16.3. The maximum Gasteiger partial charge on any atom is 0.255 e. The lowest BCUT2D eigenvalue weighted by Gasteiger charge is -2.27. The van der Waals surface area contributed by atoms with E-state index in [9.17, 15) is 9.59 Å². The Morgan fingerprint density at radius 3 is 2.50 bits per heavy atom. The van der Waals surface area contributed by atoms with Crippen LogP contribution in [0.25, 0.3) is 0 Å². The van der Waals surface area contributed by atoms with Gasteiger partial charge in [0.2, 0.25) is 0 Å². The molecule has 6 nitrogen and oxygen atoms in total. The minimum Gasteiger partial charge on any atom is -0.467 e. The first-order chi connectivity index (χ1) is 13.5. The number of aromatic nitrogens is 1. The molecule has 3 aromatic rings. The van der Waals surface area contributed by atoms with Gasteiger partial charge in [-0.2, -0.15) is 0 Å². The lowest BCUT2D eigenvalue weighted by molar-refractivity contribution is 0.0690. The molecule has 1 N–H and O–H groups in total. The predicted octanol–water partition coefficient (Wildman–Crippen LogP) is 3.66. The van der Waals surface area contributed by atoms with Gasteiger partial charge in [0.15, 0.2) is 0 Å². The highest BCUT2D eigenvalue weighted by molar-refractivity contribution is 5.99. The molecule has 0 saturated carbocycles. The summed E-state index contributed by atoms with van der Waals surface area (Å²) in [6, 6.07) is 14.9. The third-order valence-corrected chi connectivity index (χ3v) is 4.33. The van der Waals surface area contributed by atoms with E-state index in [2.05, 4.69) is 10.3 Å². The summed E-state index contributed by atoms with van der Waals surface area (Å²) in [4.78, 5) is 31.3. The van der Waals surface area contributed by atoms with Crippen LogP contribution in [0.2, 0.25) is 0 Å². The fourth-order valence-electron chi connectivity index (χ4n) is 2.80. The van der Waals surface area contributed by atoms with E-state index in [0.29, 0.717) is 23.4 Å². The van der Waals surface area contributed by atoms with Crippen molar-refractivity contribution in [2.45, 2.75) is 33.0 Å². The first kappa shape index (κ1) is 19.4. The van der Waals surface area contributed by atoms with Crippen LogP contribution in [0.5, 0.6) is 0 Å². The van der Waals surface area contributed by atoms with Gasteiger partial charge < -0.3 is 14.6 Å². The second-order valence-electron chi connectivity index (χ2n) is 6.74. The number of hydrogen-bond acceptors (Lipinski definition) is 4. The van der Waals surface area contributed by atoms with Gasteiger partial charge >= 0.3 is 0 Å². The molecule has 0 bridgehead atoms. The number of nitrogens with zero attached hydrogens (tertiary/aromatic N) is 2. The van der Waals surface area contributed by atoms with Crippen molar-refractivity contribution in [3.05, 3.63) is 89.6 Å². The first-order valence-electron chi connectivity index (χ1n) is 9.15. The number of amides is 2. The van der Waals surface area contributed by atoms with Crippen LogP contribution in [0.4, 0.5) is 0 Å². The highest BCUT2D eigenvalue weighted by Crippen LogP contribution is 2.14. The summed E-state index contributed by atoms with van der Waals surface area (Å²) in [5, 5.41) is 2.76. The number of nitrogens with one attached hydrogen (secondary N) is 1. The minimum atomic E-state index is -0.308. The summed E-state index contributed by atoms with van der Waals surface area (Å²) in [6.07, 6.45) is 4.49. The van der Waals surface area contributed by atoms with Gasteiger partial charge in [0, 0.05) is 25.0 Å². The van der Waals surface area contributed by atoms with E-state index in [4.69, 9.17) is 4.42 Å². The third kappa shape index (κ3) is 4.85. The van der Waals surface area contributed by atoms with Crippen LogP contribution in [0.15, 0.2) is 71.6 Å². The van der Waals surface area contributed by atoms with Crippen LogP contribution in [-0.2, 0) is 13.1 Å². The van der Waals surface area contributed by atoms with Crippen molar-refractivity contribution in [1.29, 1.82) is 0 Å². The Morgan fingerprint density at radius 2 is 1.82 bits per heavy atom. The summed E-state index contributed by atoms with van der Waals surface area (Å²) in [6.45, 7) is 4.70. The Kier molecular flexibility index (Phi) is 6.22. The summed E-state index contributed by atoms with van der Waals surface area (Å²) < 4.78 is 5.20. The van der Waals surface area contributed by atoms with Gasteiger partial charge in [0.1, 0.15) is 5.76 Å². The van der Waals surface area contributed by atoms with E-state index >= 15 is 0 Å². The van der Waals surface area contributed by atoms with Crippen LogP contribution in [0.3, 0.4) is 0 Å². The van der Waals surface area contributed by atoms with Gasteiger partial charge in [-0.1, -0.05) is 30.3 Å². The Bertz CT molecular complexity index is 921. The largest absolute Gasteiger partial charge is 0.467 e. The maximum atomic E-state index is 13.0. The first-order valence-corrected chi connectivity index (χ1v) is 9.15. The van der Waals surface area contributed by atoms with E-state index in [1.165, 1.54) is 12.4 Å². The van der Waals surface area contributed by atoms with Gasteiger partial charge in [0.05, 0.1) is 23.9 Å². The molecule has 0 aliphatic rings. The minimum absolute atomic E-state index is 0.00383. The molecule has 2 aromatic heterocycles. The van der Waals surface area contributed by atoms with Gasteiger partial charge in [0.25, 0.3) is 11.8 Å². The predicted molar refractivity (Wildman–Crippen MR) is 106 cm³/mol. The zero-order valence-corrected chi connectivity index (χ0v) is 16.0. The number of carbonyl (C=O) groups is 2. The van der Waals surface area contributed by atoms with E-state index < -0.39 is 0 Å². The SMILES string of the molecule is CC(C)N(Cc1ccccc1)C(=O)c1cncc(C(=O)NCc2ccco2)c1. The number of benzene rings is 1.